The van der Waals surface area contributed by atoms with Crippen LogP contribution in [0.5, 0.6) is 0 Å². The Balaban J connectivity index is 1.66. The molecule has 30 heavy (non-hydrogen) atoms. The fraction of sp³-hybridized carbons (Fsp3) is 0.273. The molecule has 0 atom stereocenters. The Hall–Kier alpha value is -3.13. The zero-order valence-corrected chi connectivity index (χ0v) is 17.2. The molecule has 2 N–H and O–H groups in total. The fourth-order valence-corrected chi connectivity index (χ4v) is 5.23. The van der Waals surface area contributed by atoms with Crippen molar-refractivity contribution in [3.8, 4) is 0 Å². The molecule has 3 aromatic rings. The van der Waals surface area contributed by atoms with E-state index in [4.69, 9.17) is 0 Å². The minimum Gasteiger partial charge on any atom is -0.382 e. The lowest BCUT2D eigenvalue weighted by Crippen LogP contribution is -2.22. The van der Waals surface area contributed by atoms with Crippen LogP contribution in [0.25, 0.3) is 10.8 Å². The third kappa shape index (κ3) is 4.23. The van der Waals surface area contributed by atoms with Crippen LogP contribution in [0.2, 0.25) is 0 Å². The van der Waals surface area contributed by atoms with Crippen molar-refractivity contribution in [1.82, 2.24) is 0 Å². The van der Waals surface area contributed by atoms with E-state index in [1.54, 1.807) is 12.1 Å². The smallest absolute Gasteiger partial charge is 0.269 e. The Labute approximate surface area is 175 Å². The number of hydrogen-bond acceptors (Lipinski definition) is 5. The first kappa shape index (κ1) is 20.2. The number of sulfonamides is 1. The van der Waals surface area contributed by atoms with Crippen molar-refractivity contribution in [2.24, 2.45) is 0 Å². The van der Waals surface area contributed by atoms with Crippen molar-refractivity contribution in [3.63, 3.8) is 0 Å². The van der Waals surface area contributed by atoms with E-state index in [2.05, 4.69) is 10.0 Å². The van der Waals surface area contributed by atoms with Gasteiger partial charge in [-0.05, 0) is 37.1 Å². The van der Waals surface area contributed by atoms with E-state index in [0.29, 0.717) is 11.4 Å². The Bertz CT molecular complexity index is 1170. The zero-order chi connectivity index (χ0) is 21.1. The highest BCUT2D eigenvalue weighted by molar-refractivity contribution is 7.93. The van der Waals surface area contributed by atoms with E-state index in [9.17, 15) is 18.5 Å². The molecule has 0 aliphatic heterocycles. The molecule has 0 unspecified atom stereocenters. The van der Waals surface area contributed by atoms with E-state index in [-0.39, 0.29) is 16.3 Å². The fourth-order valence-electron chi connectivity index (χ4n) is 3.96. The third-order valence-corrected chi connectivity index (χ3v) is 6.91. The minimum absolute atomic E-state index is 0.0958. The molecule has 3 aromatic carbocycles. The van der Waals surface area contributed by atoms with Gasteiger partial charge in [-0.2, -0.15) is 0 Å². The molecule has 0 radical (unpaired) electrons. The van der Waals surface area contributed by atoms with Crippen LogP contribution in [0, 0.1) is 10.1 Å². The first-order valence-corrected chi connectivity index (χ1v) is 11.5. The van der Waals surface area contributed by atoms with Gasteiger partial charge in [0.25, 0.3) is 15.7 Å². The number of nitro benzene ring substituents is 1. The van der Waals surface area contributed by atoms with Crippen LogP contribution in [0.1, 0.15) is 32.1 Å². The molecule has 1 aliphatic carbocycles. The molecule has 0 spiro atoms. The minimum atomic E-state index is -3.87. The molecule has 1 saturated carbocycles. The van der Waals surface area contributed by atoms with Gasteiger partial charge in [-0.3, -0.25) is 14.8 Å². The summed E-state index contributed by atoms with van der Waals surface area (Å²) in [5, 5.41) is 15.9. The van der Waals surface area contributed by atoms with E-state index in [1.807, 2.05) is 24.3 Å². The lowest BCUT2D eigenvalue weighted by molar-refractivity contribution is -0.384. The highest BCUT2D eigenvalue weighted by atomic mass is 32.2. The van der Waals surface area contributed by atoms with Gasteiger partial charge in [0.05, 0.1) is 9.82 Å². The molecule has 1 aliphatic rings. The molecule has 0 saturated heterocycles. The largest absolute Gasteiger partial charge is 0.382 e. The maximum atomic E-state index is 13.1. The summed E-state index contributed by atoms with van der Waals surface area (Å²) in [6, 6.07) is 16.6. The number of nitro groups is 1. The molecular formula is C22H23N3O4S. The van der Waals surface area contributed by atoms with Crippen LogP contribution in [-0.2, 0) is 10.0 Å². The van der Waals surface area contributed by atoms with Crippen molar-refractivity contribution >= 4 is 37.9 Å². The summed E-state index contributed by atoms with van der Waals surface area (Å²) >= 11 is 0. The number of nitrogens with zero attached hydrogens (tertiary/aromatic N) is 1. The van der Waals surface area contributed by atoms with Gasteiger partial charge in [-0.1, -0.05) is 43.5 Å². The standard InChI is InChI=1S/C22H23N3O4S/c26-25(27)18-12-10-17(11-13-18)24-30(28,29)22-15-14-21(19-8-4-5-9-20(19)22)23-16-6-2-1-3-7-16/h4-5,8-16,23-24H,1-3,6-7H2. The SMILES string of the molecule is O=[N+]([O-])c1ccc(NS(=O)(=O)c2ccc(NC3CCCCC3)c3ccccc23)cc1. The van der Waals surface area contributed by atoms with Crippen molar-refractivity contribution < 1.29 is 13.3 Å². The Morgan fingerprint density at radius 3 is 2.20 bits per heavy atom. The second-order valence-electron chi connectivity index (χ2n) is 7.55. The van der Waals surface area contributed by atoms with Crippen LogP contribution in [-0.4, -0.2) is 19.4 Å². The lowest BCUT2D eigenvalue weighted by atomic mass is 9.95. The van der Waals surface area contributed by atoms with Crippen LogP contribution < -0.4 is 10.0 Å². The predicted molar refractivity (Wildman–Crippen MR) is 118 cm³/mol. The van der Waals surface area contributed by atoms with Gasteiger partial charge in [0.1, 0.15) is 0 Å². The molecule has 0 aromatic heterocycles. The quantitative estimate of drug-likeness (QED) is 0.412. The van der Waals surface area contributed by atoms with Gasteiger partial charge in [0.15, 0.2) is 0 Å². The summed E-state index contributed by atoms with van der Waals surface area (Å²) in [5.41, 5.74) is 1.11. The van der Waals surface area contributed by atoms with Crippen molar-refractivity contribution in [2.45, 2.75) is 43.0 Å². The van der Waals surface area contributed by atoms with Crippen molar-refractivity contribution in [3.05, 3.63) is 70.8 Å². The molecule has 0 bridgehead atoms. The van der Waals surface area contributed by atoms with E-state index < -0.39 is 14.9 Å². The predicted octanol–water partition coefficient (Wildman–Crippen LogP) is 5.29. The normalized spacial score (nSPS) is 15.1. The number of rotatable bonds is 6. The first-order chi connectivity index (χ1) is 14.4. The topological polar surface area (TPSA) is 101 Å². The Kier molecular flexibility index (Phi) is 5.59. The number of benzene rings is 3. The van der Waals surface area contributed by atoms with Gasteiger partial charge in [-0.25, -0.2) is 8.42 Å². The number of nitrogens with one attached hydrogen (secondary N) is 2. The molecule has 8 heteroatoms. The number of non-ortho nitro benzene ring substituents is 1. The molecule has 156 valence electrons. The zero-order valence-electron chi connectivity index (χ0n) is 16.4. The highest BCUT2D eigenvalue weighted by Gasteiger charge is 2.21. The molecule has 4 rings (SSSR count). The molecular weight excluding hydrogens is 402 g/mol. The number of hydrogen-bond donors (Lipinski definition) is 2. The maximum absolute atomic E-state index is 13.1. The molecule has 0 heterocycles. The summed E-state index contributed by atoms with van der Waals surface area (Å²) in [7, 11) is -3.87. The first-order valence-electron chi connectivity index (χ1n) is 9.99. The average Bonchev–Trinajstić information content (AvgIpc) is 2.74. The Morgan fingerprint density at radius 2 is 1.53 bits per heavy atom. The summed E-state index contributed by atoms with van der Waals surface area (Å²) in [6.07, 6.45) is 5.93. The number of fused-ring (bicyclic) bond motifs is 1. The van der Waals surface area contributed by atoms with Crippen LogP contribution in [0.4, 0.5) is 17.1 Å². The summed E-state index contributed by atoms with van der Waals surface area (Å²) in [5.74, 6) is 0. The summed E-state index contributed by atoms with van der Waals surface area (Å²) in [6.45, 7) is 0. The van der Waals surface area contributed by atoms with Gasteiger partial charge in [-0.15, -0.1) is 0 Å². The van der Waals surface area contributed by atoms with Crippen LogP contribution in [0.15, 0.2) is 65.6 Å². The number of anilines is 2. The second kappa shape index (κ2) is 8.31. The monoisotopic (exact) mass is 425 g/mol. The van der Waals surface area contributed by atoms with Crippen LogP contribution in [0.3, 0.4) is 0 Å². The average molecular weight is 426 g/mol. The molecule has 7 nitrogen and oxygen atoms in total. The van der Waals surface area contributed by atoms with Gasteiger partial charge < -0.3 is 5.32 Å². The second-order valence-corrected chi connectivity index (χ2v) is 9.20. The Morgan fingerprint density at radius 1 is 0.867 bits per heavy atom. The van der Waals surface area contributed by atoms with E-state index in [0.717, 1.165) is 23.9 Å². The van der Waals surface area contributed by atoms with Crippen LogP contribution >= 0.6 is 0 Å². The van der Waals surface area contributed by atoms with Crippen molar-refractivity contribution in [2.75, 3.05) is 10.0 Å². The van der Waals surface area contributed by atoms with Gasteiger partial charge in [0.2, 0.25) is 0 Å². The van der Waals surface area contributed by atoms with E-state index >= 15 is 0 Å². The summed E-state index contributed by atoms with van der Waals surface area (Å²) < 4.78 is 28.7. The lowest BCUT2D eigenvalue weighted by Gasteiger charge is -2.25. The van der Waals surface area contributed by atoms with Gasteiger partial charge in [0, 0.05) is 40.3 Å². The van der Waals surface area contributed by atoms with Crippen molar-refractivity contribution in [1.29, 1.82) is 0 Å². The third-order valence-electron chi connectivity index (χ3n) is 5.47. The molecule has 0 amide bonds. The summed E-state index contributed by atoms with van der Waals surface area (Å²) in [4.78, 5) is 10.4. The molecule has 1 fully saturated rings. The van der Waals surface area contributed by atoms with Gasteiger partial charge >= 0.3 is 0 Å². The maximum Gasteiger partial charge on any atom is 0.269 e. The highest BCUT2D eigenvalue weighted by Crippen LogP contribution is 2.32. The van der Waals surface area contributed by atoms with E-state index in [1.165, 1.54) is 43.5 Å².